The molecule has 1 aromatic heterocycles. The molecule has 0 bridgehead atoms. The van der Waals surface area contributed by atoms with Gasteiger partial charge < -0.3 is 32.0 Å². The van der Waals surface area contributed by atoms with Gasteiger partial charge in [0.1, 0.15) is 28.9 Å². The van der Waals surface area contributed by atoms with E-state index in [0.717, 1.165) is 19.1 Å². The van der Waals surface area contributed by atoms with Gasteiger partial charge in [-0.25, -0.2) is 19.4 Å². The Balaban J connectivity index is 2.29. The number of hydrogen-bond donors (Lipinski definition) is 4. The number of alkyl halides is 5. The molecule has 0 spiro atoms. The number of anilines is 1. The molecule has 34 heavy (non-hydrogen) atoms. The molecule has 0 aromatic carbocycles. The maximum Gasteiger partial charge on any atom is 0.422 e. The largest absolute Gasteiger partial charge is 0.483 e. The topological polar surface area (TPSA) is 163 Å². The maximum absolute atomic E-state index is 14.5. The van der Waals surface area contributed by atoms with Crippen molar-refractivity contribution >= 4 is 24.0 Å². The highest BCUT2D eigenvalue weighted by molar-refractivity contribution is 6.04. The van der Waals surface area contributed by atoms with Gasteiger partial charge in [0.15, 0.2) is 24.4 Å². The van der Waals surface area contributed by atoms with Crippen molar-refractivity contribution in [3.8, 4) is 0 Å². The molecular weight excluding hydrogens is 476 g/mol. The molecule has 186 valence electrons. The van der Waals surface area contributed by atoms with E-state index < -0.39 is 77.4 Å². The van der Waals surface area contributed by atoms with Crippen LogP contribution < -0.4 is 22.5 Å². The summed E-state index contributed by atoms with van der Waals surface area (Å²) in [5.41, 5.74) is 12.0. The molecule has 1 amide bonds. The van der Waals surface area contributed by atoms with Gasteiger partial charge in [0.05, 0.1) is 6.21 Å². The van der Waals surface area contributed by atoms with Gasteiger partial charge >= 0.3 is 12.1 Å². The Labute approximate surface area is 188 Å². The van der Waals surface area contributed by atoms with Crippen LogP contribution in [0.1, 0.15) is 12.6 Å². The predicted molar refractivity (Wildman–Crippen MR) is 108 cm³/mol. The summed E-state index contributed by atoms with van der Waals surface area (Å²) < 4.78 is 88.8. The summed E-state index contributed by atoms with van der Waals surface area (Å²) in [5, 5.41) is 2.11. The van der Waals surface area contributed by atoms with Gasteiger partial charge in [0.2, 0.25) is 0 Å². The van der Waals surface area contributed by atoms with Crippen molar-refractivity contribution in [3.05, 3.63) is 47.5 Å². The highest BCUT2D eigenvalue weighted by Gasteiger charge is 2.57. The average molecular weight is 495 g/mol. The third-order valence-corrected chi connectivity index (χ3v) is 4.24. The van der Waals surface area contributed by atoms with Crippen LogP contribution in [0, 0.1) is 5.82 Å². The zero-order valence-corrected chi connectivity index (χ0v) is 17.4. The minimum absolute atomic E-state index is 0.431. The van der Waals surface area contributed by atoms with E-state index in [1.807, 2.05) is 0 Å². The van der Waals surface area contributed by atoms with Gasteiger partial charge in [-0.1, -0.05) is 6.58 Å². The summed E-state index contributed by atoms with van der Waals surface area (Å²) in [6, 6.07) is 1.06. The summed E-state index contributed by atoms with van der Waals surface area (Å²) in [5.74, 6) is -7.73. The smallest absolute Gasteiger partial charge is 0.422 e. The lowest BCUT2D eigenvalue weighted by molar-refractivity contribution is -0.163. The first-order valence-corrected chi connectivity index (χ1v) is 9.08. The quantitative estimate of drug-likeness (QED) is 0.193. The van der Waals surface area contributed by atoms with Crippen LogP contribution in [0.15, 0.2) is 46.0 Å². The molecule has 0 saturated heterocycles. The molecule has 0 radical (unpaired) electrons. The number of carbonyl (C=O) groups excluding carboxylic acids is 1. The molecule has 0 aliphatic carbocycles. The van der Waals surface area contributed by atoms with E-state index in [-0.39, 0.29) is 0 Å². The van der Waals surface area contributed by atoms with Crippen LogP contribution in [-0.4, -0.2) is 48.4 Å². The van der Waals surface area contributed by atoms with Gasteiger partial charge in [-0.2, -0.15) is 22.0 Å². The Kier molecular flexibility index (Phi) is 7.33. The number of nitrogens with two attached hydrogens (primary N) is 3. The lowest BCUT2D eigenvalue weighted by atomic mass is 9.89. The Morgan fingerprint density at radius 1 is 1.38 bits per heavy atom. The van der Waals surface area contributed by atoms with Gasteiger partial charge in [0, 0.05) is 0 Å². The van der Waals surface area contributed by atoms with Crippen molar-refractivity contribution in [1.82, 2.24) is 4.98 Å². The number of ether oxygens (including phenoxy) is 2. The van der Waals surface area contributed by atoms with E-state index in [1.54, 1.807) is 0 Å². The Hall–Kier alpha value is -3.98. The van der Waals surface area contributed by atoms with Crippen molar-refractivity contribution in [3.63, 3.8) is 0 Å². The number of nitrogens with one attached hydrogen (secondary N) is 1. The molecule has 1 atom stereocenters. The zero-order valence-electron chi connectivity index (χ0n) is 17.4. The third kappa shape index (κ3) is 6.08. The number of amides is 1. The lowest BCUT2D eigenvalue weighted by Gasteiger charge is -2.36. The van der Waals surface area contributed by atoms with Crippen molar-refractivity contribution in [2.75, 3.05) is 18.5 Å². The van der Waals surface area contributed by atoms with Crippen LogP contribution in [0.25, 0.3) is 0 Å². The number of hydrogen-bond acceptors (Lipinski definition) is 9. The number of amidine groups is 1. The van der Waals surface area contributed by atoms with Crippen LogP contribution in [-0.2, 0) is 19.8 Å². The number of rotatable bonds is 7. The third-order valence-electron chi connectivity index (χ3n) is 4.24. The first-order chi connectivity index (χ1) is 15.6. The Morgan fingerprint density at radius 3 is 2.62 bits per heavy atom. The molecule has 1 aliphatic heterocycles. The second-order valence-electron chi connectivity index (χ2n) is 6.93. The minimum atomic E-state index is -4.64. The zero-order chi connectivity index (χ0) is 25.9. The standard InChI is InChI=1S/C18H19F6N7O3/c1-8(33-7-18(22,23)24)5-28-11(13(25)26)14(32)30-10-4-3-9(19)12(29-10)16(2)17(20,21)6-34-15(27)31-16/h3-5H,1,6-7,25-26H2,2H3,(H2,27,31)(H,29,30,32)/t16-/m1/s1. The Bertz CT molecular complexity index is 1070. The summed E-state index contributed by atoms with van der Waals surface area (Å²) in [4.78, 5) is 23.2. The molecule has 0 saturated carbocycles. The van der Waals surface area contributed by atoms with E-state index in [1.165, 1.54) is 0 Å². The van der Waals surface area contributed by atoms with E-state index in [4.69, 9.17) is 17.2 Å². The highest BCUT2D eigenvalue weighted by atomic mass is 19.4. The van der Waals surface area contributed by atoms with Gasteiger partial charge in [-0.15, -0.1) is 0 Å². The fraction of sp³-hybridized carbons (Fsp3) is 0.333. The fourth-order valence-electron chi connectivity index (χ4n) is 2.51. The van der Waals surface area contributed by atoms with Gasteiger partial charge in [-0.05, 0) is 19.1 Å². The van der Waals surface area contributed by atoms with Crippen LogP contribution in [0.4, 0.5) is 32.2 Å². The van der Waals surface area contributed by atoms with Gasteiger partial charge in [-0.3, -0.25) is 4.79 Å². The molecule has 16 heteroatoms. The van der Waals surface area contributed by atoms with Crippen molar-refractivity contribution < 1.29 is 40.6 Å². The number of pyridine rings is 1. The molecule has 2 heterocycles. The van der Waals surface area contributed by atoms with Crippen LogP contribution >= 0.6 is 0 Å². The SMILES string of the molecule is C=C(C=NC(C(=O)Nc1ccc(F)c([C@@]2(C)N=C(N)OCC2(F)F)n1)=C(N)N)OCC(F)(F)F. The summed E-state index contributed by atoms with van der Waals surface area (Å²) in [7, 11) is 0. The number of nitrogens with zero attached hydrogens (tertiary/aromatic N) is 3. The highest BCUT2D eigenvalue weighted by Crippen LogP contribution is 2.43. The molecule has 1 aromatic rings. The van der Waals surface area contributed by atoms with E-state index in [0.29, 0.717) is 6.21 Å². The first kappa shape index (κ1) is 26.3. The fourth-order valence-corrected chi connectivity index (χ4v) is 2.51. The molecule has 7 N–H and O–H groups in total. The first-order valence-electron chi connectivity index (χ1n) is 9.08. The van der Waals surface area contributed by atoms with E-state index in [9.17, 15) is 31.1 Å². The monoisotopic (exact) mass is 495 g/mol. The predicted octanol–water partition coefficient (Wildman–Crippen LogP) is 1.60. The number of allylic oxidation sites excluding steroid dienone is 1. The summed E-state index contributed by atoms with van der Waals surface area (Å²) >= 11 is 0. The second-order valence-corrected chi connectivity index (χ2v) is 6.93. The average Bonchev–Trinajstić information content (AvgIpc) is 2.70. The molecule has 10 nitrogen and oxygen atoms in total. The molecule has 0 unspecified atom stereocenters. The summed E-state index contributed by atoms with van der Waals surface area (Å²) in [6.07, 6.45) is -4.00. The molecular formula is C18H19F6N7O3. The number of aliphatic imine (C=N–C) groups is 2. The number of aromatic nitrogens is 1. The molecule has 2 rings (SSSR count). The molecule has 1 aliphatic rings. The van der Waals surface area contributed by atoms with Crippen LogP contribution in [0.2, 0.25) is 0 Å². The van der Waals surface area contributed by atoms with Crippen LogP contribution in [0.3, 0.4) is 0 Å². The maximum atomic E-state index is 14.5. The van der Waals surface area contributed by atoms with Crippen molar-refractivity contribution in [2.24, 2.45) is 27.2 Å². The lowest BCUT2D eigenvalue weighted by Crippen LogP contribution is -2.51. The van der Waals surface area contributed by atoms with E-state index in [2.05, 4.69) is 36.3 Å². The molecule has 0 fully saturated rings. The van der Waals surface area contributed by atoms with Crippen molar-refractivity contribution in [2.45, 2.75) is 24.6 Å². The minimum Gasteiger partial charge on any atom is -0.483 e. The normalized spacial score (nSPS) is 19.7. The second kappa shape index (κ2) is 9.48. The van der Waals surface area contributed by atoms with Crippen LogP contribution in [0.5, 0.6) is 0 Å². The van der Waals surface area contributed by atoms with E-state index >= 15 is 0 Å². The van der Waals surface area contributed by atoms with Crippen molar-refractivity contribution in [1.29, 1.82) is 0 Å². The number of halogens is 6. The number of carbonyl (C=O) groups is 1. The van der Waals surface area contributed by atoms with Gasteiger partial charge in [0.25, 0.3) is 11.9 Å². The Morgan fingerprint density at radius 2 is 2.03 bits per heavy atom. The summed E-state index contributed by atoms with van der Waals surface area (Å²) in [6.45, 7) is 1.19.